The number of hydrogen-bond donors (Lipinski definition) is 1. The fourth-order valence-electron chi connectivity index (χ4n) is 4.16. The molecule has 1 amide bonds. The molecule has 0 radical (unpaired) electrons. The number of methoxy groups -OCH3 is 1. The van der Waals surface area contributed by atoms with Gasteiger partial charge in [-0.2, -0.15) is 0 Å². The van der Waals surface area contributed by atoms with E-state index in [1.807, 2.05) is 90.6 Å². The highest BCUT2D eigenvalue weighted by molar-refractivity contribution is 9.10. The first-order valence-corrected chi connectivity index (χ1v) is 12.0. The highest BCUT2D eigenvalue weighted by atomic mass is 79.9. The molecule has 0 bridgehead atoms. The predicted octanol–water partition coefficient (Wildman–Crippen LogP) is 6.32. The summed E-state index contributed by atoms with van der Waals surface area (Å²) in [6, 6.07) is 24.9. The number of nitrogens with one attached hydrogen (secondary N) is 1. The summed E-state index contributed by atoms with van der Waals surface area (Å²) < 4.78 is 14.1. The van der Waals surface area contributed by atoms with Crippen molar-refractivity contribution in [3.63, 3.8) is 0 Å². The van der Waals surface area contributed by atoms with Crippen LogP contribution in [-0.4, -0.2) is 22.6 Å². The Labute approximate surface area is 211 Å². The van der Waals surface area contributed by atoms with E-state index in [1.54, 1.807) is 13.2 Å². The maximum absolute atomic E-state index is 13.2. The molecule has 1 N–H and O–H groups in total. The Morgan fingerprint density at radius 1 is 1.09 bits per heavy atom. The van der Waals surface area contributed by atoms with Crippen molar-refractivity contribution in [3.8, 4) is 17.0 Å². The van der Waals surface area contributed by atoms with Crippen molar-refractivity contribution in [2.24, 2.45) is 7.05 Å². The van der Waals surface area contributed by atoms with E-state index in [2.05, 4.69) is 21.2 Å². The van der Waals surface area contributed by atoms with Crippen molar-refractivity contribution in [1.29, 1.82) is 0 Å². The smallest absolute Gasteiger partial charge is 0.287 e. The molecular formula is C28H24BrN3O3. The molecule has 0 aliphatic heterocycles. The molecule has 0 aliphatic carbocycles. The Bertz CT molecular complexity index is 1440. The lowest BCUT2D eigenvalue weighted by Crippen LogP contribution is -2.31. The van der Waals surface area contributed by atoms with Gasteiger partial charge in [-0.05, 0) is 60.5 Å². The van der Waals surface area contributed by atoms with Gasteiger partial charge in [0, 0.05) is 22.5 Å². The van der Waals surface area contributed by atoms with Crippen LogP contribution >= 0.6 is 15.9 Å². The number of imidazole rings is 1. The van der Waals surface area contributed by atoms with E-state index in [-0.39, 0.29) is 17.7 Å². The fraction of sp³-hybridized carbons (Fsp3) is 0.143. The third-order valence-corrected chi connectivity index (χ3v) is 6.56. The molecule has 1 atom stereocenters. The first-order chi connectivity index (χ1) is 17.0. The minimum absolute atomic E-state index is 0.275. The van der Waals surface area contributed by atoms with Gasteiger partial charge in [0.2, 0.25) is 0 Å². The zero-order valence-corrected chi connectivity index (χ0v) is 21.0. The van der Waals surface area contributed by atoms with Gasteiger partial charge in [0.05, 0.1) is 25.0 Å². The molecule has 2 heterocycles. The molecule has 0 spiro atoms. The SMILES string of the molecule is COc1ccc(-c2cnc(C(Cc3ccc(Br)cc3)NC(=O)c3cc4ccccc4o3)n2C)cc1. The molecule has 0 saturated heterocycles. The van der Waals surface area contributed by atoms with Gasteiger partial charge in [0.1, 0.15) is 17.2 Å². The van der Waals surface area contributed by atoms with Crippen LogP contribution in [0.25, 0.3) is 22.2 Å². The van der Waals surface area contributed by atoms with Crippen molar-refractivity contribution < 1.29 is 13.9 Å². The van der Waals surface area contributed by atoms with E-state index in [9.17, 15) is 4.79 Å². The van der Waals surface area contributed by atoms with Crippen molar-refractivity contribution in [2.75, 3.05) is 7.11 Å². The normalized spacial score (nSPS) is 12.0. The van der Waals surface area contributed by atoms with Crippen LogP contribution in [0.1, 0.15) is 28.0 Å². The average Bonchev–Trinajstić information content (AvgIpc) is 3.49. The highest BCUT2D eigenvalue weighted by Gasteiger charge is 2.24. The van der Waals surface area contributed by atoms with Crippen LogP contribution in [0.4, 0.5) is 0 Å². The number of aromatic nitrogens is 2. The first kappa shape index (κ1) is 22.9. The van der Waals surface area contributed by atoms with Crippen molar-refractivity contribution >= 4 is 32.8 Å². The van der Waals surface area contributed by atoms with E-state index in [1.165, 1.54) is 0 Å². The van der Waals surface area contributed by atoms with E-state index in [4.69, 9.17) is 14.1 Å². The molecule has 7 heteroatoms. The molecule has 1 unspecified atom stereocenters. The maximum atomic E-state index is 13.2. The van der Waals surface area contributed by atoms with Crippen molar-refractivity contribution in [2.45, 2.75) is 12.5 Å². The molecular weight excluding hydrogens is 506 g/mol. The minimum Gasteiger partial charge on any atom is -0.497 e. The van der Waals surface area contributed by atoms with Gasteiger partial charge in [-0.3, -0.25) is 4.79 Å². The Morgan fingerprint density at radius 3 is 2.54 bits per heavy atom. The zero-order chi connectivity index (χ0) is 24.4. The highest BCUT2D eigenvalue weighted by Crippen LogP contribution is 2.27. The summed E-state index contributed by atoms with van der Waals surface area (Å²) in [4.78, 5) is 18.0. The van der Waals surface area contributed by atoms with Gasteiger partial charge in [-0.25, -0.2) is 4.98 Å². The van der Waals surface area contributed by atoms with Crippen LogP contribution in [0.15, 0.2) is 93.9 Å². The van der Waals surface area contributed by atoms with Crippen LogP contribution in [0.3, 0.4) is 0 Å². The lowest BCUT2D eigenvalue weighted by molar-refractivity contribution is 0.0908. The quantitative estimate of drug-likeness (QED) is 0.268. The summed E-state index contributed by atoms with van der Waals surface area (Å²) >= 11 is 3.49. The third kappa shape index (κ3) is 4.86. The molecule has 5 rings (SSSR count). The van der Waals surface area contributed by atoms with Gasteiger partial charge in [0.25, 0.3) is 5.91 Å². The number of nitrogens with zero attached hydrogens (tertiary/aromatic N) is 2. The lowest BCUT2D eigenvalue weighted by Gasteiger charge is -2.19. The van der Waals surface area contributed by atoms with Gasteiger partial charge >= 0.3 is 0 Å². The lowest BCUT2D eigenvalue weighted by atomic mass is 10.0. The number of fused-ring (bicyclic) bond motifs is 1. The third-order valence-electron chi connectivity index (χ3n) is 6.03. The van der Waals surface area contributed by atoms with Gasteiger partial charge < -0.3 is 19.0 Å². The van der Waals surface area contributed by atoms with Crippen LogP contribution in [0.2, 0.25) is 0 Å². The Kier molecular flexibility index (Phi) is 6.42. The standard InChI is InChI=1S/C28H24BrN3O3/c1-32-24(19-9-13-22(34-2)14-10-19)17-30-27(32)23(15-18-7-11-21(29)12-8-18)31-28(33)26-16-20-5-3-4-6-25(20)35-26/h3-14,16-17,23H,15H2,1-2H3,(H,31,33). The Hall–Kier alpha value is -3.84. The second kappa shape index (κ2) is 9.80. The number of benzene rings is 3. The molecule has 176 valence electrons. The molecule has 6 nitrogen and oxygen atoms in total. The summed E-state index contributed by atoms with van der Waals surface area (Å²) in [5.74, 6) is 1.54. The summed E-state index contributed by atoms with van der Waals surface area (Å²) in [5, 5.41) is 4.04. The Balaban J connectivity index is 1.47. The molecule has 3 aromatic carbocycles. The number of ether oxygens (including phenoxy) is 1. The van der Waals surface area contributed by atoms with E-state index >= 15 is 0 Å². The first-order valence-electron chi connectivity index (χ1n) is 11.2. The van der Waals surface area contributed by atoms with E-state index in [0.717, 1.165) is 38.3 Å². The molecule has 5 aromatic rings. The van der Waals surface area contributed by atoms with Crippen LogP contribution in [-0.2, 0) is 13.5 Å². The van der Waals surface area contributed by atoms with Crippen LogP contribution in [0, 0.1) is 0 Å². The maximum Gasteiger partial charge on any atom is 0.287 e. The van der Waals surface area contributed by atoms with Crippen LogP contribution in [0.5, 0.6) is 5.75 Å². The summed E-state index contributed by atoms with van der Waals surface area (Å²) in [6.45, 7) is 0. The summed E-state index contributed by atoms with van der Waals surface area (Å²) in [7, 11) is 3.61. The second-order valence-corrected chi connectivity index (χ2v) is 9.21. The van der Waals surface area contributed by atoms with Crippen molar-refractivity contribution in [1.82, 2.24) is 14.9 Å². The number of carbonyl (C=O) groups is 1. The second-order valence-electron chi connectivity index (χ2n) is 8.29. The molecule has 0 aliphatic rings. The minimum atomic E-state index is -0.367. The monoisotopic (exact) mass is 529 g/mol. The molecule has 2 aromatic heterocycles. The molecule has 35 heavy (non-hydrogen) atoms. The number of amides is 1. The predicted molar refractivity (Wildman–Crippen MR) is 139 cm³/mol. The number of furan rings is 1. The summed E-state index contributed by atoms with van der Waals surface area (Å²) in [5.41, 5.74) is 3.72. The van der Waals surface area contributed by atoms with Crippen molar-refractivity contribution in [3.05, 3.63) is 107 Å². The molecule has 0 saturated carbocycles. The van der Waals surface area contributed by atoms with Crippen LogP contribution < -0.4 is 10.1 Å². The largest absolute Gasteiger partial charge is 0.497 e. The van der Waals surface area contributed by atoms with Gasteiger partial charge in [0.15, 0.2) is 5.76 Å². The zero-order valence-electron chi connectivity index (χ0n) is 19.4. The number of halogens is 1. The number of rotatable bonds is 7. The van der Waals surface area contributed by atoms with Gasteiger partial charge in [-0.1, -0.05) is 46.3 Å². The number of para-hydroxylation sites is 1. The van der Waals surface area contributed by atoms with Gasteiger partial charge in [-0.15, -0.1) is 0 Å². The Morgan fingerprint density at radius 2 is 1.83 bits per heavy atom. The number of carbonyl (C=O) groups excluding carboxylic acids is 1. The van der Waals surface area contributed by atoms with E-state index < -0.39 is 0 Å². The van der Waals surface area contributed by atoms with E-state index in [0.29, 0.717) is 12.0 Å². The summed E-state index contributed by atoms with van der Waals surface area (Å²) in [6.07, 6.45) is 2.41. The number of hydrogen-bond acceptors (Lipinski definition) is 4. The average molecular weight is 530 g/mol. The fourth-order valence-corrected chi connectivity index (χ4v) is 4.43. The topological polar surface area (TPSA) is 69.3 Å². The molecule has 0 fully saturated rings.